The van der Waals surface area contributed by atoms with Crippen molar-refractivity contribution in [1.29, 1.82) is 0 Å². The summed E-state index contributed by atoms with van der Waals surface area (Å²) in [4.78, 5) is 21.1. The predicted molar refractivity (Wildman–Crippen MR) is 76.6 cm³/mol. The average Bonchev–Trinajstić information content (AvgIpc) is 3.02. The fraction of sp³-hybridized carbons (Fsp3) is 0.214. The van der Waals surface area contributed by atoms with Gasteiger partial charge in [-0.1, -0.05) is 0 Å². The van der Waals surface area contributed by atoms with Crippen molar-refractivity contribution in [3.63, 3.8) is 0 Å². The van der Waals surface area contributed by atoms with Gasteiger partial charge in [-0.25, -0.2) is 4.98 Å². The molecule has 3 rings (SSSR count). The number of hydrogen-bond acceptors (Lipinski definition) is 5. The molecule has 0 aliphatic rings. The van der Waals surface area contributed by atoms with E-state index in [0.29, 0.717) is 6.61 Å². The number of ether oxygens (including phenoxy) is 1. The highest BCUT2D eigenvalue weighted by molar-refractivity contribution is 7.15. The van der Waals surface area contributed by atoms with Crippen molar-refractivity contribution < 1.29 is 9.53 Å². The minimum absolute atomic E-state index is 0.219. The van der Waals surface area contributed by atoms with Gasteiger partial charge in [0.1, 0.15) is 0 Å². The molecule has 0 unspecified atom stereocenters. The fourth-order valence-electron chi connectivity index (χ4n) is 1.97. The fourth-order valence-corrected chi connectivity index (χ4v) is 2.84. The molecule has 0 aliphatic carbocycles. The molecule has 0 radical (unpaired) electrons. The van der Waals surface area contributed by atoms with Crippen LogP contribution in [-0.2, 0) is 16.0 Å². The number of thiazole rings is 1. The zero-order chi connectivity index (χ0) is 13.9. The summed E-state index contributed by atoms with van der Waals surface area (Å²) < 4.78 is 6.91. The lowest BCUT2D eigenvalue weighted by Gasteiger charge is -2.00. The van der Waals surface area contributed by atoms with E-state index in [1.54, 1.807) is 19.3 Å². The Balaban J connectivity index is 1.93. The van der Waals surface area contributed by atoms with Gasteiger partial charge in [0, 0.05) is 35.2 Å². The standard InChI is InChI=1S/C14H13N3O2S/c1-2-19-13(18)6-11-9-20-14-16-12(8-17(11)14)10-4-3-5-15-7-10/h3-5,7-9H,2,6H2,1H3. The highest BCUT2D eigenvalue weighted by atomic mass is 32.1. The van der Waals surface area contributed by atoms with Crippen LogP contribution in [0.2, 0.25) is 0 Å². The highest BCUT2D eigenvalue weighted by Gasteiger charge is 2.12. The molecule has 0 spiro atoms. The number of fused-ring (bicyclic) bond motifs is 1. The first-order valence-electron chi connectivity index (χ1n) is 6.29. The molecule has 3 aromatic rings. The first-order chi connectivity index (χ1) is 9.78. The van der Waals surface area contributed by atoms with Crippen LogP contribution in [0.3, 0.4) is 0 Å². The highest BCUT2D eigenvalue weighted by Crippen LogP contribution is 2.23. The Labute approximate surface area is 119 Å². The smallest absolute Gasteiger partial charge is 0.311 e. The molecule has 0 saturated heterocycles. The summed E-state index contributed by atoms with van der Waals surface area (Å²) in [5.74, 6) is -0.219. The zero-order valence-electron chi connectivity index (χ0n) is 10.9. The predicted octanol–water partition coefficient (Wildman–Crippen LogP) is 2.56. The van der Waals surface area contributed by atoms with Crippen molar-refractivity contribution in [3.8, 4) is 11.3 Å². The van der Waals surface area contributed by atoms with Crippen molar-refractivity contribution >= 4 is 22.3 Å². The number of carbonyl (C=O) groups excluding carboxylic acids is 1. The summed E-state index contributed by atoms with van der Waals surface area (Å²) in [5, 5.41) is 1.94. The third kappa shape index (κ3) is 2.42. The summed E-state index contributed by atoms with van der Waals surface area (Å²) in [6, 6.07) is 3.84. The second kappa shape index (κ2) is 5.42. The van der Waals surface area contributed by atoms with Gasteiger partial charge in [0.2, 0.25) is 0 Å². The molecule has 3 heterocycles. The van der Waals surface area contributed by atoms with Crippen LogP contribution >= 0.6 is 11.3 Å². The van der Waals surface area contributed by atoms with Crippen LogP contribution in [0.25, 0.3) is 16.2 Å². The Hall–Kier alpha value is -2.21. The van der Waals surface area contributed by atoms with Crippen molar-refractivity contribution in [2.45, 2.75) is 13.3 Å². The largest absolute Gasteiger partial charge is 0.466 e. The Morgan fingerprint density at radius 3 is 3.15 bits per heavy atom. The molecule has 0 aromatic carbocycles. The molecule has 0 saturated carbocycles. The first-order valence-corrected chi connectivity index (χ1v) is 7.17. The lowest BCUT2D eigenvalue weighted by molar-refractivity contribution is -0.142. The van der Waals surface area contributed by atoms with Crippen molar-refractivity contribution in [3.05, 3.63) is 41.8 Å². The molecule has 5 nitrogen and oxygen atoms in total. The van der Waals surface area contributed by atoms with Crippen molar-refractivity contribution in [2.24, 2.45) is 0 Å². The second-order valence-electron chi connectivity index (χ2n) is 4.23. The van der Waals surface area contributed by atoms with E-state index in [0.717, 1.165) is 21.9 Å². The molecule has 0 aliphatic heterocycles. The van der Waals surface area contributed by atoms with E-state index in [-0.39, 0.29) is 12.4 Å². The van der Waals surface area contributed by atoms with Gasteiger partial charge in [0.15, 0.2) is 4.96 Å². The number of hydrogen-bond donors (Lipinski definition) is 0. The van der Waals surface area contributed by atoms with Crippen LogP contribution in [0, 0.1) is 0 Å². The summed E-state index contributed by atoms with van der Waals surface area (Å²) in [6.45, 7) is 2.20. The van der Waals surface area contributed by atoms with Gasteiger partial charge < -0.3 is 4.74 Å². The van der Waals surface area contributed by atoms with E-state index < -0.39 is 0 Å². The van der Waals surface area contributed by atoms with E-state index in [2.05, 4.69) is 9.97 Å². The maximum atomic E-state index is 11.6. The third-order valence-corrected chi connectivity index (χ3v) is 3.76. The minimum atomic E-state index is -0.219. The SMILES string of the molecule is CCOC(=O)Cc1csc2nc(-c3cccnc3)cn12. The Kier molecular flexibility index (Phi) is 3.47. The molecule has 6 heteroatoms. The lowest BCUT2D eigenvalue weighted by Crippen LogP contribution is -2.08. The summed E-state index contributed by atoms with van der Waals surface area (Å²) in [6.07, 6.45) is 5.69. The summed E-state index contributed by atoms with van der Waals surface area (Å²) in [7, 11) is 0. The maximum Gasteiger partial charge on any atom is 0.311 e. The molecule has 20 heavy (non-hydrogen) atoms. The number of imidazole rings is 1. The van der Waals surface area contributed by atoms with Gasteiger partial charge in [-0.15, -0.1) is 11.3 Å². The second-order valence-corrected chi connectivity index (χ2v) is 5.07. The molecule has 102 valence electrons. The molecule has 3 aromatic heterocycles. The molecule has 0 fully saturated rings. The molecule has 0 amide bonds. The Bertz CT molecular complexity index is 733. The topological polar surface area (TPSA) is 56.5 Å². The van der Waals surface area contributed by atoms with Gasteiger partial charge >= 0.3 is 5.97 Å². The molecular weight excluding hydrogens is 274 g/mol. The summed E-state index contributed by atoms with van der Waals surface area (Å²) >= 11 is 1.51. The van der Waals surface area contributed by atoms with Gasteiger partial charge in [0.25, 0.3) is 0 Å². The van der Waals surface area contributed by atoms with Gasteiger partial charge in [-0.2, -0.15) is 0 Å². The van der Waals surface area contributed by atoms with E-state index in [4.69, 9.17) is 4.74 Å². The maximum absolute atomic E-state index is 11.6. The van der Waals surface area contributed by atoms with Crippen LogP contribution in [0.4, 0.5) is 0 Å². The van der Waals surface area contributed by atoms with Crippen LogP contribution in [0.1, 0.15) is 12.6 Å². The van der Waals surface area contributed by atoms with Gasteiger partial charge in [-0.05, 0) is 19.1 Å². The van der Waals surface area contributed by atoms with E-state index in [1.807, 2.05) is 28.1 Å². The van der Waals surface area contributed by atoms with E-state index in [9.17, 15) is 4.79 Å². The van der Waals surface area contributed by atoms with Crippen LogP contribution in [0.5, 0.6) is 0 Å². The van der Waals surface area contributed by atoms with Gasteiger partial charge in [-0.3, -0.25) is 14.2 Å². The Morgan fingerprint density at radius 2 is 2.40 bits per heavy atom. The molecule has 0 N–H and O–H groups in total. The van der Waals surface area contributed by atoms with Crippen LogP contribution in [0.15, 0.2) is 36.1 Å². The Morgan fingerprint density at radius 1 is 1.50 bits per heavy atom. The first kappa shape index (κ1) is 12.8. The number of esters is 1. The average molecular weight is 287 g/mol. The number of pyridine rings is 1. The van der Waals surface area contributed by atoms with Crippen LogP contribution in [-0.4, -0.2) is 26.9 Å². The van der Waals surface area contributed by atoms with E-state index in [1.165, 1.54) is 11.3 Å². The number of aromatic nitrogens is 3. The quantitative estimate of drug-likeness (QED) is 0.692. The number of carbonyl (C=O) groups is 1. The van der Waals surface area contributed by atoms with Crippen molar-refractivity contribution in [1.82, 2.24) is 14.4 Å². The third-order valence-electron chi connectivity index (χ3n) is 2.87. The van der Waals surface area contributed by atoms with Gasteiger partial charge in [0.05, 0.1) is 18.7 Å². The molecule has 0 bridgehead atoms. The zero-order valence-corrected chi connectivity index (χ0v) is 11.8. The van der Waals surface area contributed by atoms with E-state index >= 15 is 0 Å². The normalized spacial score (nSPS) is 10.8. The lowest BCUT2D eigenvalue weighted by atomic mass is 10.2. The molecular formula is C14H13N3O2S. The number of rotatable bonds is 4. The number of nitrogens with zero attached hydrogens (tertiary/aromatic N) is 3. The molecule has 0 atom stereocenters. The summed E-state index contributed by atoms with van der Waals surface area (Å²) in [5.41, 5.74) is 2.71. The van der Waals surface area contributed by atoms with Crippen LogP contribution < -0.4 is 0 Å². The van der Waals surface area contributed by atoms with Crippen molar-refractivity contribution in [2.75, 3.05) is 6.61 Å². The monoisotopic (exact) mass is 287 g/mol. The minimum Gasteiger partial charge on any atom is -0.466 e.